The standard InChI is InChI=1S/C18H18FN3O4/c1-7(2)13-17(24)20-11-5-9-15(12(19)14(11)21-13)22(8-3-4-8)6-10(16(9)23)18(25)26/h5-8,13,21H,3-4H2,1-2H3,(H,20,24)(H,25,26). The van der Waals surface area contributed by atoms with Gasteiger partial charge in [0.15, 0.2) is 5.82 Å². The van der Waals surface area contributed by atoms with E-state index in [2.05, 4.69) is 10.6 Å². The number of benzene rings is 1. The number of nitrogens with one attached hydrogen (secondary N) is 2. The molecule has 1 unspecified atom stereocenters. The Morgan fingerprint density at radius 1 is 1.35 bits per heavy atom. The van der Waals surface area contributed by atoms with Crippen LogP contribution in [0.2, 0.25) is 0 Å². The molecule has 0 spiro atoms. The van der Waals surface area contributed by atoms with E-state index in [-0.39, 0.29) is 40.1 Å². The summed E-state index contributed by atoms with van der Waals surface area (Å²) in [4.78, 5) is 36.2. The van der Waals surface area contributed by atoms with Crippen LogP contribution in [0, 0.1) is 11.7 Å². The summed E-state index contributed by atoms with van der Waals surface area (Å²) in [5, 5.41) is 14.8. The lowest BCUT2D eigenvalue weighted by atomic mass is 9.99. The van der Waals surface area contributed by atoms with Crippen molar-refractivity contribution in [3.05, 3.63) is 33.9 Å². The zero-order chi connectivity index (χ0) is 18.7. The quantitative estimate of drug-likeness (QED) is 0.782. The third-order valence-electron chi connectivity index (χ3n) is 4.93. The largest absolute Gasteiger partial charge is 0.477 e. The van der Waals surface area contributed by atoms with Gasteiger partial charge in [0.1, 0.15) is 11.6 Å². The summed E-state index contributed by atoms with van der Waals surface area (Å²) in [6, 6.07) is 0.750. The number of fused-ring (bicyclic) bond motifs is 2. The summed E-state index contributed by atoms with van der Waals surface area (Å²) < 4.78 is 16.9. The number of hydrogen-bond acceptors (Lipinski definition) is 4. The minimum Gasteiger partial charge on any atom is -0.477 e. The molecule has 136 valence electrons. The van der Waals surface area contributed by atoms with E-state index in [0.717, 1.165) is 12.8 Å². The molecule has 2 aliphatic rings. The first-order chi connectivity index (χ1) is 12.3. The van der Waals surface area contributed by atoms with Crippen molar-refractivity contribution < 1.29 is 19.1 Å². The monoisotopic (exact) mass is 359 g/mol. The van der Waals surface area contributed by atoms with Crippen molar-refractivity contribution in [2.45, 2.75) is 38.8 Å². The van der Waals surface area contributed by atoms with E-state index >= 15 is 4.39 Å². The number of hydrogen-bond donors (Lipinski definition) is 3. The molecule has 1 aromatic heterocycles. The average Bonchev–Trinajstić information content (AvgIpc) is 3.39. The summed E-state index contributed by atoms with van der Waals surface area (Å²) >= 11 is 0. The maximum atomic E-state index is 15.4. The third kappa shape index (κ3) is 2.36. The molecular weight excluding hydrogens is 341 g/mol. The number of carboxylic acids is 1. The molecule has 2 aromatic rings. The molecule has 0 bridgehead atoms. The minimum atomic E-state index is -1.36. The Morgan fingerprint density at radius 2 is 2.04 bits per heavy atom. The molecule has 2 heterocycles. The van der Waals surface area contributed by atoms with Crippen LogP contribution in [0.25, 0.3) is 10.9 Å². The number of rotatable bonds is 3. The highest BCUT2D eigenvalue weighted by molar-refractivity contribution is 6.07. The second kappa shape index (κ2) is 5.55. The normalized spacial score (nSPS) is 19.2. The first kappa shape index (κ1) is 16.6. The SMILES string of the molecule is CC(C)C1Nc2c(cc3c(=O)c(C(=O)O)cn(C4CC4)c3c2F)NC1=O. The van der Waals surface area contributed by atoms with Crippen LogP contribution in [0.15, 0.2) is 17.1 Å². The predicted molar refractivity (Wildman–Crippen MR) is 94.3 cm³/mol. The zero-order valence-corrected chi connectivity index (χ0v) is 14.3. The van der Waals surface area contributed by atoms with Crippen LogP contribution in [0.1, 0.15) is 43.1 Å². The van der Waals surface area contributed by atoms with Crippen molar-refractivity contribution in [3.63, 3.8) is 0 Å². The fourth-order valence-corrected chi connectivity index (χ4v) is 3.41. The van der Waals surface area contributed by atoms with E-state index < -0.39 is 28.8 Å². The number of pyridine rings is 1. The van der Waals surface area contributed by atoms with Crippen LogP contribution in [0.5, 0.6) is 0 Å². The van der Waals surface area contributed by atoms with Gasteiger partial charge in [0.25, 0.3) is 0 Å². The molecule has 1 saturated carbocycles. The Morgan fingerprint density at radius 3 is 2.62 bits per heavy atom. The number of aromatic nitrogens is 1. The van der Waals surface area contributed by atoms with E-state index in [1.807, 2.05) is 13.8 Å². The Balaban J connectivity index is 2.03. The summed E-state index contributed by atoms with van der Waals surface area (Å²) in [7, 11) is 0. The lowest BCUT2D eigenvalue weighted by Gasteiger charge is -2.30. The molecule has 7 nitrogen and oxygen atoms in total. The van der Waals surface area contributed by atoms with Crippen LogP contribution < -0.4 is 16.1 Å². The molecule has 8 heteroatoms. The molecule has 3 N–H and O–H groups in total. The Kier molecular flexibility index (Phi) is 3.54. The number of anilines is 2. The number of amides is 1. The Labute approximate surface area is 147 Å². The summed E-state index contributed by atoms with van der Waals surface area (Å²) in [5.74, 6) is -2.38. The van der Waals surface area contributed by atoms with Crippen molar-refractivity contribution >= 4 is 34.2 Å². The van der Waals surface area contributed by atoms with Crippen molar-refractivity contribution in [1.29, 1.82) is 0 Å². The highest BCUT2D eigenvalue weighted by Crippen LogP contribution is 2.41. The number of nitrogens with zero attached hydrogens (tertiary/aromatic N) is 1. The van der Waals surface area contributed by atoms with Gasteiger partial charge in [-0.3, -0.25) is 9.59 Å². The number of aromatic carboxylic acids is 1. The third-order valence-corrected chi connectivity index (χ3v) is 4.93. The van der Waals surface area contributed by atoms with E-state index in [1.54, 1.807) is 0 Å². The molecule has 1 aliphatic carbocycles. The summed E-state index contributed by atoms with van der Waals surface area (Å²) in [5.41, 5.74) is -0.802. The second-order valence-corrected chi connectivity index (χ2v) is 7.18. The van der Waals surface area contributed by atoms with Gasteiger partial charge in [-0.15, -0.1) is 0 Å². The van der Waals surface area contributed by atoms with Crippen molar-refractivity contribution in [1.82, 2.24) is 4.57 Å². The second-order valence-electron chi connectivity index (χ2n) is 7.18. The number of carboxylic acid groups (broad SMARTS) is 1. The molecule has 1 atom stereocenters. The van der Waals surface area contributed by atoms with Gasteiger partial charge < -0.3 is 20.3 Å². The molecular formula is C18H18FN3O4. The van der Waals surface area contributed by atoms with E-state index in [4.69, 9.17) is 0 Å². The molecule has 1 fully saturated rings. The summed E-state index contributed by atoms with van der Waals surface area (Å²) in [6.45, 7) is 3.70. The molecule has 26 heavy (non-hydrogen) atoms. The van der Waals surface area contributed by atoms with Crippen LogP contribution in [0.4, 0.5) is 15.8 Å². The number of halogens is 1. The van der Waals surface area contributed by atoms with Gasteiger partial charge in [0, 0.05) is 12.2 Å². The van der Waals surface area contributed by atoms with Gasteiger partial charge in [-0.1, -0.05) is 13.8 Å². The van der Waals surface area contributed by atoms with Gasteiger partial charge in [0.2, 0.25) is 11.3 Å². The van der Waals surface area contributed by atoms with Crippen LogP contribution >= 0.6 is 0 Å². The fraction of sp³-hybridized carbons (Fsp3) is 0.389. The van der Waals surface area contributed by atoms with Crippen LogP contribution in [-0.2, 0) is 4.79 Å². The fourth-order valence-electron chi connectivity index (χ4n) is 3.41. The van der Waals surface area contributed by atoms with Crippen molar-refractivity contribution in [3.8, 4) is 0 Å². The van der Waals surface area contributed by atoms with Crippen molar-refractivity contribution in [2.75, 3.05) is 10.6 Å². The number of carbonyl (C=O) groups excluding carboxylic acids is 1. The Bertz CT molecular complexity index is 1020. The highest BCUT2D eigenvalue weighted by atomic mass is 19.1. The molecule has 1 amide bonds. The number of carbonyl (C=O) groups is 2. The smallest absolute Gasteiger partial charge is 0.341 e. The van der Waals surface area contributed by atoms with E-state index in [9.17, 15) is 19.5 Å². The lowest BCUT2D eigenvalue weighted by Crippen LogP contribution is -2.42. The highest BCUT2D eigenvalue weighted by Gasteiger charge is 2.34. The average molecular weight is 359 g/mol. The van der Waals surface area contributed by atoms with Gasteiger partial charge in [-0.2, -0.15) is 0 Å². The topological polar surface area (TPSA) is 100 Å². The Hall–Kier alpha value is -2.90. The van der Waals surface area contributed by atoms with Gasteiger partial charge in [-0.25, -0.2) is 9.18 Å². The van der Waals surface area contributed by atoms with Crippen molar-refractivity contribution in [2.24, 2.45) is 5.92 Å². The molecule has 1 aliphatic heterocycles. The molecule has 1 aromatic carbocycles. The molecule has 4 rings (SSSR count). The molecule has 0 radical (unpaired) electrons. The van der Waals surface area contributed by atoms with Crippen LogP contribution in [-0.4, -0.2) is 27.6 Å². The zero-order valence-electron chi connectivity index (χ0n) is 14.3. The van der Waals surface area contributed by atoms with Gasteiger partial charge in [-0.05, 0) is 24.8 Å². The maximum absolute atomic E-state index is 15.4. The van der Waals surface area contributed by atoms with Crippen LogP contribution in [0.3, 0.4) is 0 Å². The van der Waals surface area contributed by atoms with E-state index in [1.165, 1.54) is 16.8 Å². The first-order valence-electron chi connectivity index (χ1n) is 8.51. The van der Waals surface area contributed by atoms with Gasteiger partial charge in [0.05, 0.1) is 22.3 Å². The maximum Gasteiger partial charge on any atom is 0.341 e. The lowest BCUT2D eigenvalue weighted by molar-refractivity contribution is -0.117. The first-order valence-corrected chi connectivity index (χ1v) is 8.51. The van der Waals surface area contributed by atoms with Gasteiger partial charge >= 0.3 is 5.97 Å². The predicted octanol–water partition coefficient (Wildman–Crippen LogP) is 2.56. The van der Waals surface area contributed by atoms with E-state index in [0.29, 0.717) is 0 Å². The minimum absolute atomic E-state index is 0.0252. The molecule has 0 saturated heterocycles. The summed E-state index contributed by atoms with van der Waals surface area (Å²) in [6.07, 6.45) is 2.82.